The molecule has 1 aromatic carbocycles. The van der Waals surface area contributed by atoms with Crippen LogP contribution in [-0.2, 0) is 11.3 Å². The molecule has 0 N–H and O–H groups in total. The second kappa shape index (κ2) is 3.20. The lowest BCUT2D eigenvalue weighted by molar-refractivity contribution is -0.126. The van der Waals surface area contributed by atoms with Crippen molar-refractivity contribution in [1.82, 2.24) is 4.90 Å². The summed E-state index contributed by atoms with van der Waals surface area (Å²) in [5.74, 6) is -0.401. The molecule has 14 heavy (non-hydrogen) atoms. The molecule has 2 amide bonds. The number of carbonyl (C=O) groups excluding carboxylic acids is 2. The van der Waals surface area contributed by atoms with E-state index < -0.39 is 0 Å². The Labute approximate surface area is 89.8 Å². The topological polar surface area (TPSA) is 37.4 Å². The third kappa shape index (κ3) is 1.35. The van der Waals surface area contributed by atoms with Crippen LogP contribution < -0.4 is 0 Å². The maximum Gasteiger partial charge on any atom is 0.261 e. The lowest BCUT2D eigenvalue weighted by Gasteiger charge is -2.08. The Bertz CT molecular complexity index is 428. The molecule has 0 saturated carbocycles. The van der Waals surface area contributed by atoms with E-state index in [1.54, 1.807) is 12.1 Å². The molecule has 1 heterocycles. The van der Waals surface area contributed by atoms with Crippen LogP contribution in [0.3, 0.4) is 0 Å². The minimum absolute atomic E-state index is 0.194. The Morgan fingerprint density at radius 1 is 1.50 bits per heavy atom. The smallest absolute Gasteiger partial charge is 0.261 e. The van der Waals surface area contributed by atoms with Crippen molar-refractivity contribution < 1.29 is 9.59 Å². The lowest BCUT2D eigenvalue weighted by atomic mass is 10.1. The van der Waals surface area contributed by atoms with Gasteiger partial charge in [-0.3, -0.25) is 14.5 Å². The molecule has 4 heteroatoms. The standard InChI is InChI=1S/C10H8BrNO2/c1-6(13)12-5-7-4-8(11)2-3-9(7)10(12)14/h2-4H,5H2,1H3. The third-order valence-corrected chi connectivity index (χ3v) is 2.74. The first kappa shape index (κ1) is 9.40. The molecule has 0 bridgehead atoms. The summed E-state index contributed by atoms with van der Waals surface area (Å²) in [7, 11) is 0. The monoisotopic (exact) mass is 253 g/mol. The van der Waals surface area contributed by atoms with E-state index in [-0.39, 0.29) is 11.8 Å². The van der Waals surface area contributed by atoms with Crippen molar-refractivity contribution in [2.45, 2.75) is 13.5 Å². The van der Waals surface area contributed by atoms with Crippen LogP contribution in [0.1, 0.15) is 22.8 Å². The number of benzene rings is 1. The summed E-state index contributed by atoms with van der Waals surface area (Å²) in [5, 5.41) is 0. The number of halogens is 1. The number of fused-ring (bicyclic) bond motifs is 1. The Morgan fingerprint density at radius 3 is 2.86 bits per heavy atom. The SMILES string of the molecule is CC(=O)N1Cc2cc(Br)ccc2C1=O. The van der Waals surface area contributed by atoms with E-state index in [1.165, 1.54) is 11.8 Å². The molecular weight excluding hydrogens is 246 g/mol. The minimum atomic E-state index is -0.206. The molecule has 0 radical (unpaired) electrons. The van der Waals surface area contributed by atoms with Gasteiger partial charge in [0.1, 0.15) is 0 Å². The van der Waals surface area contributed by atoms with Gasteiger partial charge in [0.25, 0.3) is 5.91 Å². The molecule has 0 atom stereocenters. The first-order valence-corrected chi connectivity index (χ1v) is 5.00. The van der Waals surface area contributed by atoms with Gasteiger partial charge >= 0.3 is 0 Å². The fourth-order valence-electron chi connectivity index (χ4n) is 1.54. The van der Waals surface area contributed by atoms with Gasteiger partial charge < -0.3 is 0 Å². The first-order chi connectivity index (χ1) is 6.59. The summed E-state index contributed by atoms with van der Waals surface area (Å²) in [6, 6.07) is 5.42. The van der Waals surface area contributed by atoms with Gasteiger partial charge in [0.05, 0.1) is 6.54 Å². The highest BCUT2D eigenvalue weighted by Gasteiger charge is 2.29. The zero-order chi connectivity index (χ0) is 10.3. The van der Waals surface area contributed by atoms with E-state index in [0.29, 0.717) is 12.1 Å². The van der Waals surface area contributed by atoms with E-state index in [9.17, 15) is 9.59 Å². The molecule has 1 aliphatic rings. The van der Waals surface area contributed by atoms with Gasteiger partial charge in [0.2, 0.25) is 5.91 Å². The van der Waals surface area contributed by atoms with E-state index in [4.69, 9.17) is 0 Å². The van der Waals surface area contributed by atoms with Crippen molar-refractivity contribution in [3.05, 3.63) is 33.8 Å². The van der Waals surface area contributed by atoms with Crippen molar-refractivity contribution in [3.8, 4) is 0 Å². The maximum absolute atomic E-state index is 11.6. The Balaban J connectivity index is 2.45. The largest absolute Gasteiger partial charge is 0.275 e. The van der Waals surface area contributed by atoms with Gasteiger partial charge in [-0.05, 0) is 23.8 Å². The molecule has 1 aliphatic heterocycles. The lowest BCUT2D eigenvalue weighted by Crippen LogP contribution is -2.28. The highest BCUT2D eigenvalue weighted by atomic mass is 79.9. The third-order valence-electron chi connectivity index (χ3n) is 2.25. The fraction of sp³-hybridized carbons (Fsp3) is 0.200. The van der Waals surface area contributed by atoms with E-state index in [1.807, 2.05) is 6.07 Å². The summed E-state index contributed by atoms with van der Waals surface area (Å²) in [6.07, 6.45) is 0. The second-order valence-corrected chi connectivity index (χ2v) is 4.13. The van der Waals surface area contributed by atoms with Crippen molar-refractivity contribution in [2.24, 2.45) is 0 Å². The summed E-state index contributed by atoms with van der Waals surface area (Å²) < 4.78 is 0.925. The number of carbonyl (C=O) groups is 2. The summed E-state index contributed by atoms with van der Waals surface area (Å²) in [5.41, 5.74) is 1.53. The number of hydrogen-bond acceptors (Lipinski definition) is 2. The second-order valence-electron chi connectivity index (χ2n) is 3.21. The first-order valence-electron chi connectivity index (χ1n) is 4.20. The molecule has 0 aliphatic carbocycles. The fourth-order valence-corrected chi connectivity index (χ4v) is 1.95. The predicted molar refractivity (Wildman–Crippen MR) is 54.7 cm³/mol. The van der Waals surface area contributed by atoms with E-state index >= 15 is 0 Å². The highest BCUT2D eigenvalue weighted by molar-refractivity contribution is 9.10. The normalized spacial score (nSPS) is 14.4. The number of hydrogen-bond donors (Lipinski definition) is 0. The maximum atomic E-state index is 11.6. The minimum Gasteiger partial charge on any atom is -0.275 e. The molecule has 1 aromatic rings. The molecule has 72 valence electrons. The molecule has 2 rings (SSSR count). The zero-order valence-electron chi connectivity index (χ0n) is 7.58. The quantitative estimate of drug-likeness (QED) is 0.709. The van der Waals surface area contributed by atoms with Gasteiger partial charge in [-0.15, -0.1) is 0 Å². The van der Waals surface area contributed by atoms with Crippen LogP contribution in [0.5, 0.6) is 0 Å². The van der Waals surface area contributed by atoms with Gasteiger partial charge in [-0.1, -0.05) is 15.9 Å². The Morgan fingerprint density at radius 2 is 2.21 bits per heavy atom. The van der Waals surface area contributed by atoms with Crippen LogP contribution in [0.25, 0.3) is 0 Å². The zero-order valence-corrected chi connectivity index (χ0v) is 9.17. The van der Waals surface area contributed by atoms with Crippen molar-refractivity contribution in [3.63, 3.8) is 0 Å². The average molecular weight is 254 g/mol. The molecule has 0 saturated heterocycles. The van der Waals surface area contributed by atoms with Crippen molar-refractivity contribution in [1.29, 1.82) is 0 Å². The summed E-state index contributed by atoms with van der Waals surface area (Å²) in [4.78, 5) is 24.0. The van der Waals surface area contributed by atoms with Crippen LogP contribution in [0.2, 0.25) is 0 Å². The molecule has 0 unspecified atom stereocenters. The van der Waals surface area contributed by atoms with Gasteiger partial charge in [-0.25, -0.2) is 0 Å². The van der Waals surface area contributed by atoms with Gasteiger partial charge in [0, 0.05) is 17.0 Å². The highest BCUT2D eigenvalue weighted by Crippen LogP contribution is 2.25. The van der Waals surface area contributed by atoms with Crippen LogP contribution >= 0.6 is 15.9 Å². The van der Waals surface area contributed by atoms with Gasteiger partial charge in [0.15, 0.2) is 0 Å². The average Bonchev–Trinajstić information content (AvgIpc) is 2.43. The van der Waals surface area contributed by atoms with E-state index in [0.717, 1.165) is 10.0 Å². The predicted octanol–water partition coefficient (Wildman–Crippen LogP) is 1.95. The van der Waals surface area contributed by atoms with Crippen molar-refractivity contribution >= 4 is 27.7 Å². The molecule has 3 nitrogen and oxygen atoms in total. The van der Waals surface area contributed by atoms with Gasteiger partial charge in [-0.2, -0.15) is 0 Å². The summed E-state index contributed by atoms with van der Waals surface area (Å²) >= 11 is 3.33. The molecule has 0 spiro atoms. The molecule has 0 fully saturated rings. The van der Waals surface area contributed by atoms with Crippen LogP contribution in [-0.4, -0.2) is 16.7 Å². The van der Waals surface area contributed by atoms with Crippen LogP contribution in [0.15, 0.2) is 22.7 Å². The molecular formula is C10H8BrNO2. The van der Waals surface area contributed by atoms with E-state index in [2.05, 4.69) is 15.9 Å². The Kier molecular flexibility index (Phi) is 2.15. The number of amides is 2. The van der Waals surface area contributed by atoms with Crippen molar-refractivity contribution in [2.75, 3.05) is 0 Å². The Hall–Kier alpha value is -1.16. The van der Waals surface area contributed by atoms with Crippen LogP contribution in [0, 0.1) is 0 Å². The summed E-state index contributed by atoms with van der Waals surface area (Å²) in [6.45, 7) is 1.79. The van der Waals surface area contributed by atoms with Crippen LogP contribution in [0.4, 0.5) is 0 Å². The molecule has 0 aromatic heterocycles. The number of rotatable bonds is 0. The number of imide groups is 1. The number of nitrogens with zero attached hydrogens (tertiary/aromatic N) is 1.